The van der Waals surface area contributed by atoms with E-state index in [9.17, 15) is 4.79 Å². The van der Waals surface area contributed by atoms with Crippen molar-refractivity contribution in [1.82, 2.24) is 5.32 Å². The Morgan fingerprint density at radius 2 is 1.91 bits per heavy atom. The lowest BCUT2D eigenvalue weighted by molar-refractivity contribution is -0.0581. The summed E-state index contributed by atoms with van der Waals surface area (Å²) in [5.74, 6) is 5.18. The molecule has 0 aromatic carbocycles. The SMILES string of the molecule is CC(C)CCCC(C)C1CCC2C3CC=C4C[C@H](OC(=O)NCCN)CC[C@@]4(C)C3CC[C@@]12C. The second-order valence-corrected chi connectivity index (χ2v) is 13.3. The van der Waals surface area contributed by atoms with Crippen molar-refractivity contribution in [1.29, 1.82) is 0 Å². The van der Waals surface area contributed by atoms with Crippen molar-refractivity contribution in [3.05, 3.63) is 11.6 Å². The predicted octanol–water partition coefficient (Wildman–Crippen LogP) is 7.08. The van der Waals surface area contributed by atoms with Gasteiger partial charge in [-0.1, -0.05) is 65.5 Å². The van der Waals surface area contributed by atoms with Crippen molar-refractivity contribution in [3.8, 4) is 0 Å². The van der Waals surface area contributed by atoms with Crippen molar-refractivity contribution < 1.29 is 9.53 Å². The summed E-state index contributed by atoms with van der Waals surface area (Å²) in [6, 6.07) is 0. The lowest BCUT2D eigenvalue weighted by Crippen LogP contribution is -2.51. The summed E-state index contributed by atoms with van der Waals surface area (Å²) < 4.78 is 5.75. The summed E-state index contributed by atoms with van der Waals surface area (Å²) in [5.41, 5.74) is 7.93. The molecule has 0 aromatic rings. The molecule has 0 bridgehead atoms. The largest absolute Gasteiger partial charge is 0.446 e. The molecule has 4 nitrogen and oxygen atoms in total. The number of nitrogens with two attached hydrogens (primary N) is 1. The van der Waals surface area contributed by atoms with Crippen molar-refractivity contribution in [2.24, 2.45) is 52.1 Å². The number of nitrogens with one attached hydrogen (secondary N) is 1. The van der Waals surface area contributed by atoms with Crippen molar-refractivity contribution in [2.45, 2.75) is 111 Å². The molecule has 5 unspecified atom stereocenters. The minimum atomic E-state index is -0.304. The fourth-order valence-corrected chi connectivity index (χ4v) is 9.12. The van der Waals surface area contributed by atoms with Gasteiger partial charge in [0, 0.05) is 19.5 Å². The molecule has 4 aliphatic rings. The zero-order valence-corrected chi connectivity index (χ0v) is 22.7. The molecule has 0 radical (unpaired) electrons. The number of amides is 1. The van der Waals surface area contributed by atoms with E-state index in [1.807, 2.05) is 0 Å². The number of allylic oxidation sites excluding steroid dienone is 1. The van der Waals surface area contributed by atoms with E-state index in [1.165, 1.54) is 51.4 Å². The topological polar surface area (TPSA) is 64.3 Å². The molecule has 4 rings (SSSR count). The summed E-state index contributed by atoms with van der Waals surface area (Å²) in [5, 5.41) is 2.76. The molecule has 8 atom stereocenters. The first-order valence-corrected chi connectivity index (χ1v) is 14.5. The molecule has 0 aliphatic heterocycles. The normalized spacial score (nSPS) is 40.1. The van der Waals surface area contributed by atoms with E-state index < -0.39 is 0 Å². The van der Waals surface area contributed by atoms with Crippen LogP contribution in [0.1, 0.15) is 105 Å². The van der Waals surface area contributed by atoms with Crippen molar-refractivity contribution in [3.63, 3.8) is 0 Å². The van der Waals surface area contributed by atoms with Gasteiger partial charge in [0.15, 0.2) is 0 Å². The van der Waals surface area contributed by atoms with E-state index in [-0.39, 0.29) is 12.2 Å². The molecule has 0 spiro atoms. The van der Waals surface area contributed by atoms with Gasteiger partial charge < -0.3 is 15.8 Å². The lowest BCUT2D eigenvalue weighted by Gasteiger charge is -2.58. The predicted molar refractivity (Wildman–Crippen MR) is 140 cm³/mol. The number of carbonyl (C=O) groups excluding carboxylic acids is 1. The van der Waals surface area contributed by atoms with E-state index in [2.05, 4.69) is 46.0 Å². The minimum Gasteiger partial charge on any atom is -0.446 e. The van der Waals surface area contributed by atoms with E-state index in [4.69, 9.17) is 10.5 Å². The Balaban J connectivity index is 1.41. The van der Waals surface area contributed by atoms with Crippen LogP contribution in [-0.4, -0.2) is 25.3 Å². The molecular formula is C30H52N2O2. The smallest absolute Gasteiger partial charge is 0.407 e. The molecule has 194 valence electrons. The summed E-state index contributed by atoms with van der Waals surface area (Å²) in [7, 11) is 0. The summed E-state index contributed by atoms with van der Waals surface area (Å²) in [4.78, 5) is 12.1. The maximum absolute atomic E-state index is 12.1. The van der Waals surface area contributed by atoms with E-state index in [0.717, 1.165) is 54.8 Å². The van der Waals surface area contributed by atoms with Crippen LogP contribution < -0.4 is 11.1 Å². The molecule has 0 saturated heterocycles. The summed E-state index contributed by atoms with van der Waals surface area (Å²) >= 11 is 0. The molecule has 3 N–H and O–H groups in total. The first-order chi connectivity index (χ1) is 16.2. The van der Waals surface area contributed by atoms with Gasteiger partial charge >= 0.3 is 6.09 Å². The molecule has 34 heavy (non-hydrogen) atoms. The first kappa shape index (κ1) is 26.0. The van der Waals surface area contributed by atoms with Crippen LogP contribution >= 0.6 is 0 Å². The zero-order chi connectivity index (χ0) is 24.5. The third kappa shape index (κ3) is 4.95. The van der Waals surface area contributed by atoms with E-state index in [0.29, 0.717) is 23.9 Å². The van der Waals surface area contributed by atoms with Crippen LogP contribution in [0.3, 0.4) is 0 Å². The molecule has 4 aliphatic carbocycles. The monoisotopic (exact) mass is 472 g/mol. The highest BCUT2D eigenvalue weighted by Gasteiger charge is 2.59. The van der Waals surface area contributed by atoms with Crippen molar-refractivity contribution >= 4 is 6.09 Å². The van der Waals surface area contributed by atoms with Crippen LogP contribution in [0, 0.1) is 46.3 Å². The molecule has 3 saturated carbocycles. The number of carbonyl (C=O) groups is 1. The summed E-state index contributed by atoms with van der Waals surface area (Å²) in [6.07, 6.45) is 16.5. The highest BCUT2D eigenvalue weighted by atomic mass is 16.6. The lowest BCUT2D eigenvalue weighted by atomic mass is 9.47. The van der Waals surface area contributed by atoms with Crippen LogP contribution in [0.15, 0.2) is 11.6 Å². The molecule has 0 heterocycles. The van der Waals surface area contributed by atoms with Gasteiger partial charge in [-0.2, -0.15) is 0 Å². The van der Waals surface area contributed by atoms with Gasteiger partial charge in [0.25, 0.3) is 0 Å². The van der Waals surface area contributed by atoms with Gasteiger partial charge in [-0.25, -0.2) is 4.79 Å². The Morgan fingerprint density at radius 3 is 2.65 bits per heavy atom. The first-order valence-electron chi connectivity index (χ1n) is 14.5. The van der Waals surface area contributed by atoms with Gasteiger partial charge in [-0.15, -0.1) is 0 Å². The standard InChI is InChI=1S/C30H52N2O2/c1-20(2)7-6-8-21(3)25-11-12-26-24-10-9-22-19-23(34-28(33)32-18-17-31)13-15-29(22,4)27(24)14-16-30(25,26)5/h9,20-21,23-27H,6-8,10-19,31H2,1-5H3,(H,32,33)/t21?,23-,24?,25?,26?,27?,29-,30+/m1/s1. The highest BCUT2D eigenvalue weighted by Crippen LogP contribution is 2.67. The number of hydrogen-bond donors (Lipinski definition) is 2. The fourth-order valence-electron chi connectivity index (χ4n) is 9.12. The molecular weight excluding hydrogens is 420 g/mol. The Hall–Kier alpha value is -1.03. The van der Waals surface area contributed by atoms with Gasteiger partial charge in [0.2, 0.25) is 0 Å². The number of fused-ring (bicyclic) bond motifs is 5. The van der Waals surface area contributed by atoms with Crippen LogP contribution in [0.5, 0.6) is 0 Å². The molecule has 1 amide bonds. The number of alkyl carbamates (subject to hydrolysis) is 1. The van der Waals surface area contributed by atoms with Gasteiger partial charge in [-0.3, -0.25) is 0 Å². The molecule has 4 heteroatoms. The average molecular weight is 473 g/mol. The maximum Gasteiger partial charge on any atom is 0.407 e. The Kier molecular flexibility index (Phi) is 8.06. The second-order valence-electron chi connectivity index (χ2n) is 13.3. The second kappa shape index (κ2) is 10.5. The van der Waals surface area contributed by atoms with Crippen LogP contribution in [0.4, 0.5) is 4.79 Å². The Morgan fingerprint density at radius 1 is 1.12 bits per heavy atom. The van der Waals surface area contributed by atoms with Crippen molar-refractivity contribution in [2.75, 3.05) is 13.1 Å². The highest BCUT2D eigenvalue weighted by molar-refractivity contribution is 5.67. The number of rotatable bonds is 8. The van der Waals surface area contributed by atoms with Crippen LogP contribution in [0.2, 0.25) is 0 Å². The third-order valence-electron chi connectivity index (χ3n) is 10.9. The third-order valence-corrected chi connectivity index (χ3v) is 10.9. The Bertz CT molecular complexity index is 748. The van der Waals surface area contributed by atoms with E-state index in [1.54, 1.807) is 5.57 Å². The quantitative estimate of drug-likeness (QED) is 0.371. The zero-order valence-electron chi connectivity index (χ0n) is 22.7. The van der Waals surface area contributed by atoms with Gasteiger partial charge in [0.1, 0.15) is 6.10 Å². The minimum absolute atomic E-state index is 0.0186. The molecule has 0 aromatic heterocycles. The van der Waals surface area contributed by atoms with E-state index >= 15 is 0 Å². The maximum atomic E-state index is 12.1. The number of ether oxygens (including phenoxy) is 1. The average Bonchev–Trinajstić information content (AvgIpc) is 3.15. The van der Waals surface area contributed by atoms with Crippen LogP contribution in [-0.2, 0) is 4.74 Å². The Labute approximate surface area is 209 Å². The number of hydrogen-bond acceptors (Lipinski definition) is 3. The van der Waals surface area contributed by atoms with Crippen LogP contribution in [0.25, 0.3) is 0 Å². The van der Waals surface area contributed by atoms with Gasteiger partial charge in [0.05, 0.1) is 0 Å². The summed E-state index contributed by atoms with van der Waals surface area (Å²) in [6.45, 7) is 13.4. The fraction of sp³-hybridized carbons (Fsp3) is 0.900. The van der Waals surface area contributed by atoms with Gasteiger partial charge in [-0.05, 0) is 91.3 Å². The molecule has 3 fully saturated rings.